The van der Waals surface area contributed by atoms with Gasteiger partial charge in [-0.3, -0.25) is 4.79 Å². The smallest absolute Gasteiger partial charge is 0.316 e. The molecule has 0 atom stereocenters. The fourth-order valence-corrected chi connectivity index (χ4v) is 2.80. The highest BCUT2D eigenvalue weighted by molar-refractivity contribution is 5.61. The van der Waals surface area contributed by atoms with Crippen LogP contribution in [0.4, 0.5) is 24.8 Å². The molecule has 1 aromatic heterocycles. The van der Waals surface area contributed by atoms with Crippen LogP contribution in [-0.2, 0) is 6.54 Å². The van der Waals surface area contributed by atoms with Crippen molar-refractivity contribution in [3.63, 3.8) is 0 Å². The lowest BCUT2D eigenvalue weighted by Gasteiger charge is -2.17. The molecule has 0 unspecified atom stereocenters. The molecule has 1 heterocycles. The van der Waals surface area contributed by atoms with Crippen LogP contribution in [0.5, 0.6) is 11.5 Å². The van der Waals surface area contributed by atoms with E-state index in [4.69, 9.17) is 9.47 Å². The minimum absolute atomic E-state index is 0.00195. The van der Waals surface area contributed by atoms with Gasteiger partial charge in [0, 0.05) is 17.8 Å². The molecule has 0 amide bonds. The Hall–Kier alpha value is -3.49. The van der Waals surface area contributed by atoms with E-state index in [1.807, 2.05) is 0 Å². The van der Waals surface area contributed by atoms with E-state index < -0.39 is 23.0 Å². The molecule has 0 aliphatic rings. The van der Waals surface area contributed by atoms with Crippen LogP contribution in [0.2, 0.25) is 0 Å². The summed E-state index contributed by atoms with van der Waals surface area (Å²) < 4.78 is 52.4. The number of aryl methyl sites for hydroxylation is 1. The van der Waals surface area contributed by atoms with Crippen molar-refractivity contribution in [1.82, 2.24) is 9.55 Å². The van der Waals surface area contributed by atoms with Gasteiger partial charge in [-0.2, -0.15) is 4.98 Å². The number of rotatable bonds is 6. The Morgan fingerprint density at radius 1 is 1.00 bits per heavy atom. The molecule has 0 saturated heterocycles. The van der Waals surface area contributed by atoms with E-state index in [0.29, 0.717) is 16.8 Å². The summed E-state index contributed by atoms with van der Waals surface area (Å²) in [6.07, 6.45) is 1.37. The number of benzene rings is 2. The molecule has 0 fully saturated rings. The second-order valence-electron chi connectivity index (χ2n) is 6.27. The summed E-state index contributed by atoms with van der Waals surface area (Å²) in [5.74, 6) is -1.94. The van der Waals surface area contributed by atoms with E-state index in [-0.39, 0.29) is 24.0 Å². The normalized spacial score (nSPS) is 10.7. The van der Waals surface area contributed by atoms with Crippen LogP contribution in [0.25, 0.3) is 0 Å². The zero-order valence-electron chi connectivity index (χ0n) is 15.9. The highest BCUT2D eigenvalue weighted by atomic mass is 19.1. The molecule has 29 heavy (non-hydrogen) atoms. The maximum atomic E-state index is 13.9. The molecule has 0 radical (unpaired) electrons. The number of nitrogens with one attached hydrogen (secondary N) is 1. The fourth-order valence-electron chi connectivity index (χ4n) is 2.80. The summed E-state index contributed by atoms with van der Waals surface area (Å²) in [6, 6.07) is 5.80. The van der Waals surface area contributed by atoms with Crippen molar-refractivity contribution in [2.45, 2.75) is 13.5 Å². The predicted molar refractivity (Wildman–Crippen MR) is 101 cm³/mol. The van der Waals surface area contributed by atoms with Gasteiger partial charge in [-0.15, -0.1) is 0 Å². The van der Waals surface area contributed by atoms with Gasteiger partial charge in [-0.05, 0) is 36.2 Å². The Balaban J connectivity index is 2.06. The van der Waals surface area contributed by atoms with Crippen molar-refractivity contribution >= 4 is 11.6 Å². The third-order valence-corrected chi connectivity index (χ3v) is 4.20. The van der Waals surface area contributed by atoms with Crippen molar-refractivity contribution in [2.75, 3.05) is 19.5 Å². The molecule has 0 bridgehead atoms. The number of hydrogen-bond acceptors (Lipinski definition) is 5. The molecule has 2 aromatic carbocycles. The zero-order chi connectivity index (χ0) is 21.1. The lowest BCUT2D eigenvalue weighted by atomic mass is 10.2. The third kappa shape index (κ3) is 4.50. The van der Waals surface area contributed by atoms with Crippen LogP contribution < -0.4 is 20.3 Å². The third-order valence-electron chi connectivity index (χ3n) is 4.20. The van der Waals surface area contributed by atoms with Gasteiger partial charge in [0.25, 0.3) is 0 Å². The monoisotopic (exact) mass is 405 g/mol. The first kappa shape index (κ1) is 20.2. The molecule has 0 spiro atoms. The molecule has 0 aliphatic carbocycles. The number of hydrogen-bond donors (Lipinski definition) is 1. The van der Waals surface area contributed by atoms with Gasteiger partial charge in [0.2, 0.25) is 11.7 Å². The average Bonchev–Trinajstić information content (AvgIpc) is 2.65. The van der Waals surface area contributed by atoms with Crippen LogP contribution in [0.15, 0.2) is 41.3 Å². The lowest BCUT2D eigenvalue weighted by molar-refractivity contribution is 0.386. The summed E-state index contributed by atoms with van der Waals surface area (Å²) in [6.45, 7) is 1.66. The number of ether oxygens (including phenoxy) is 2. The van der Waals surface area contributed by atoms with Crippen molar-refractivity contribution in [3.8, 4) is 11.5 Å². The van der Waals surface area contributed by atoms with Crippen LogP contribution >= 0.6 is 0 Å². The highest BCUT2D eigenvalue weighted by Crippen LogP contribution is 2.28. The zero-order valence-corrected chi connectivity index (χ0v) is 15.9. The Labute approximate surface area is 164 Å². The molecule has 9 heteroatoms. The number of halogens is 3. The van der Waals surface area contributed by atoms with E-state index in [1.54, 1.807) is 6.92 Å². The Kier molecular flexibility index (Phi) is 5.76. The van der Waals surface area contributed by atoms with Crippen LogP contribution in [-0.4, -0.2) is 23.8 Å². The number of anilines is 2. The van der Waals surface area contributed by atoms with Crippen molar-refractivity contribution in [3.05, 3.63) is 75.5 Å². The van der Waals surface area contributed by atoms with Gasteiger partial charge in [0.1, 0.15) is 11.6 Å². The first-order valence-electron chi connectivity index (χ1n) is 8.52. The quantitative estimate of drug-likeness (QED) is 0.676. The van der Waals surface area contributed by atoms with Gasteiger partial charge >= 0.3 is 5.56 Å². The first-order chi connectivity index (χ1) is 13.8. The van der Waals surface area contributed by atoms with Crippen LogP contribution in [0.3, 0.4) is 0 Å². The van der Waals surface area contributed by atoms with Gasteiger partial charge in [0.15, 0.2) is 11.6 Å². The van der Waals surface area contributed by atoms with Crippen molar-refractivity contribution in [2.24, 2.45) is 0 Å². The Bertz CT molecular complexity index is 1100. The van der Waals surface area contributed by atoms with Gasteiger partial charge in [-0.25, -0.2) is 13.2 Å². The number of nitrogens with zero attached hydrogens (tertiary/aromatic N) is 2. The summed E-state index contributed by atoms with van der Waals surface area (Å²) in [7, 11) is 2.64. The fraction of sp³-hybridized carbons (Fsp3) is 0.200. The van der Waals surface area contributed by atoms with Crippen molar-refractivity contribution < 1.29 is 22.6 Å². The van der Waals surface area contributed by atoms with Gasteiger partial charge < -0.3 is 19.4 Å². The molecule has 3 rings (SSSR count). The van der Waals surface area contributed by atoms with Gasteiger partial charge in [0.05, 0.1) is 27.0 Å². The molecular formula is C20H18F3N3O3. The second-order valence-corrected chi connectivity index (χ2v) is 6.27. The molecule has 6 nitrogen and oxygen atoms in total. The summed E-state index contributed by atoms with van der Waals surface area (Å²) in [4.78, 5) is 16.1. The highest BCUT2D eigenvalue weighted by Gasteiger charge is 2.14. The van der Waals surface area contributed by atoms with Crippen molar-refractivity contribution in [1.29, 1.82) is 0 Å². The standard InChI is InChI=1S/C20H18F3N3O3/c1-11-4-15(23)17(28-2)8-16(11)24-20-25-19(27)18(29-3)10-26(20)9-12-5-13(21)7-14(22)6-12/h4-8,10H,9H2,1-3H3,(H,24,25,27). The van der Waals surface area contributed by atoms with E-state index in [2.05, 4.69) is 10.3 Å². The lowest BCUT2D eigenvalue weighted by Crippen LogP contribution is -2.19. The molecule has 0 saturated carbocycles. The largest absolute Gasteiger partial charge is 0.494 e. The molecule has 3 aromatic rings. The molecular weight excluding hydrogens is 387 g/mol. The second kappa shape index (κ2) is 8.26. The summed E-state index contributed by atoms with van der Waals surface area (Å²) in [5.41, 5.74) is 0.658. The molecule has 1 N–H and O–H groups in total. The maximum absolute atomic E-state index is 13.9. The van der Waals surface area contributed by atoms with E-state index >= 15 is 0 Å². The summed E-state index contributed by atoms with van der Waals surface area (Å²) in [5, 5.41) is 2.95. The number of methoxy groups -OCH3 is 2. The van der Waals surface area contributed by atoms with E-state index in [1.165, 1.54) is 49.2 Å². The van der Waals surface area contributed by atoms with E-state index in [9.17, 15) is 18.0 Å². The van der Waals surface area contributed by atoms with Crippen LogP contribution in [0, 0.1) is 24.4 Å². The average molecular weight is 405 g/mol. The SMILES string of the molecule is COc1cc(Nc2nc(=O)c(OC)cn2Cc2cc(F)cc(F)c2)c(C)cc1F. The minimum atomic E-state index is -0.727. The minimum Gasteiger partial charge on any atom is -0.494 e. The van der Waals surface area contributed by atoms with Crippen LogP contribution in [0.1, 0.15) is 11.1 Å². The first-order valence-corrected chi connectivity index (χ1v) is 8.52. The maximum Gasteiger partial charge on any atom is 0.316 e. The predicted octanol–water partition coefficient (Wildman–Crippen LogP) is 3.78. The molecule has 152 valence electrons. The van der Waals surface area contributed by atoms with E-state index in [0.717, 1.165) is 6.07 Å². The summed E-state index contributed by atoms with van der Waals surface area (Å²) >= 11 is 0. The Morgan fingerprint density at radius 3 is 2.28 bits per heavy atom. The topological polar surface area (TPSA) is 65.4 Å². The number of aromatic nitrogens is 2. The molecule has 0 aliphatic heterocycles. The Morgan fingerprint density at radius 2 is 1.66 bits per heavy atom. The van der Waals surface area contributed by atoms with Gasteiger partial charge in [-0.1, -0.05) is 0 Å².